The van der Waals surface area contributed by atoms with E-state index >= 15 is 0 Å². The van der Waals surface area contributed by atoms with E-state index in [1.54, 1.807) is 29.4 Å². The number of hydrogen-bond donors (Lipinski definition) is 2. The molecule has 1 aliphatic carbocycles. The summed E-state index contributed by atoms with van der Waals surface area (Å²) in [5.41, 5.74) is 1.42. The van der Waals surface area contributed by atoms with Crippen LogP contribution in [0.25, 0.3) is 11.3 Å². The second-order valence-corrected chi connectivity index (χ2v) is 7.45. The summed E-state index contributed by atoms with van der Waals surface area (Å²) in [5.74, 6) is 1.38. The number of para-hydroxylation sites is 1. The third kappa shape index (κ3) is 3.17. The lowest BCUT2D eigenvalue weighted by Gasteiger charge is -2.16. The van der Waals surface area contributed by atoms with Gasteiger partial charge in [0.2, 0.25) is 0 Å². The Morgan fingerprint density at radius 2 is 2.21 bits per heavy atom. The molecule has 1 saturated heterocycles. The molecule has 144 valence electrons. The monoisotopic (exact) mass is 386 g/mol. The molecule has 2 aliphatic rings. The van der Waals surface area contributed by atoms with Gasteiger partial charge in [-0.15, -0.1) is 0 Å². The number of nitriles is 1. The zero-order valence-electron chi connectivity index (χ0n) is 15.5. The van der Waals surface area contributed by atoms with Crippen molar-refractivity contribution in [2.24, 2.45) is 5.92 Å². The van der Waals surface area contributed by atoms with Gasteiger partial charge in [0.25, 0.3) is 5.91 Å². The van der Waals surface area contributed by atoms with Crippen LogP contribution in [0, 0.1) is 17.4 Å². The van der Waals surface area contributed by atoms with Crippen LogP contribution in [0.3, 0.4) is 0 Å². The first kappa shape index (κ1) is 17.3. The van der Waals surface area contributed by atoms with Crippen LogP contribution in [0.5, 0.6) is 11.5 Å². The van der Waals surface area contributed by atoms with Crippen molar-refractivity contribution in [2.45, 2.75) is 12.0 Å². The van der Waals surface area contributed by atoms with Crippen LogP contribution in [-0.2, 0) is 0 Å². The van der Waals surface area contributed by atoms with E-state index in [9.17, 15) is 4.79 Å². The maximum atomic E-state index is 12.7. The van der Waals surface area contributed by atoms with E-state index in [4.69, 9.17) is 10.00 Å². The van der Waals surface area contributed by atoms with Gasteiger partial charge in [0.05, 0.1) is 24.0 Å². The van der Waals surface area contributed by atoms with Gasteiger partial charge in [-0.1, -0.05) is 18.2 Å². The molecule has 0 spiro atoms. The number of aromatic amines is 1. The minimum Gasteiger partial charge on any atom is -0.455 e. The minimum absolute atomic E-state index is 0.217. The number of benzene rings is 1. The quantitative estimate of drug-likeness (QED) is 0.653. The summed E-state index contributed by atoms with van der Waals surface area (Å²) in [4.78, 5) is 18.5. The van der Waals surface area contributed by atoms with Gasteiger partial charge in [-0.3, -0.25) is 14.9 Å². The van der Waals surface area contributed by atoms with Crippen LogP contribution in [-0.4, -0.2) is 44.6 Å². The first-order chi connectivity index (χ1) is 14.2. The van der Waals surface area contributed by atoms with E-state index in [1.165, 1.54) is 0 Å². The van der Waals surface area contributed by atoms with E-state index in [0.717, 1.165) is 12.0 Å². The smallest absolute Gasteiger partial charge is 0.269 e. The number of aromatic nitrogens is 3. The first-order valence-electron chi connectivity index (χ1n) is 9.37. The highest BCUT2D eigenvalue weighted by molar-refractivity contribution is 5.94. The molecule has 2 fully saturated rings. The second kappa shape index (κ2) is 6.63. The van der Waals surface area contributed by atoms with Gasteiger partial charge in [0.1, 0.15) is 11.4 Å². The van der Waals surface area contributed by atoms with Crippen molar-refractivity contribution in [3.8, 4) is 28.9 Å². The molecule has 8 nitrogen and oxygen atoms in total. The van der Waals surface area contributed by atoms with E-state index in [0.29, 0.717) is 41.9 Å². The number of fused-ring (bicyclic) bond motifs is 1. The van der Waals surface area contributed by atoms with Crippen LogP contribution in [0.15, 0.2) is 54.9 Å². The van der Waals surface area contributed by atoms with Crippen molar-refractivity contribution >= 4 is 5.91 Å². The SMILES string of the molecule is N#CN1CC2C[C@]2(NC(=O)c2cc(-c3ccncc3Oc3ccccc3)n[nH]2)C1. The number of ether oxygens (including phenoxy) is 1. The molecule has 1 saturated carbocycles. The van der Waals surface area contributed by atoms with E-state index in [-0.39, 0.29) is 11.4 Å². The van der Waals surface area contributed by atoms with E-state index in [1.807, 2.05) is 30.3 Å². The molecule has 2 aromatic heterocycles. The lowest BCUT2D eigenvalue weighted by Crippen LogP contribution is -2.41. The highest BCUT2D eigenvalue weighted by atomic mass is 16.5. The number of H-pyrrole nitrogens is 1. The number of carbonyl (C=O) groups is 1. The Morgan fingerprint density at radius 3 is 3.00 bits per heavy atom. The third-order valence-electron chi connectivity index (χ3n) is 5.50. The van der Waals surface area contributed by atoms with Gasteiger partial charge in [-0.2, -0.15) is 10.4 Å². The Kier molecular flexibility index (Phi) is 3.95. The predicted molar refractivity (Wildman–Crippen MR) is 104 cm³/mol. The molecule has 5 rings (SSSR count). The molecule has 1 aromatic carbocycles. The molecule has 3 aromatic rings. The molecule has 1 unspecified atom stereocenters. The first-order valence-corrected chi connectivity index (χ1v) is 9.37. The zero-order chi connectivity index (χ0) is 19.8. The summed E-state index contributed by atoms with van der Waals surface area (Å²) in [5, 5.41) is 19.3. The largest absolute Gasteiger partial charge is 0.455 e. The van der Waals surface area contributed by atoms with Gasteiger partial charge in [0, 0.05) is 24.2 Å². The highest BCUT2D eigenvalue weighted by Gasteiger charge is 2.61. The molecule has 2 N–H and O–H groups in total. The molecule has 3 heterocycles. The molecule has 0 bridgehead atoms. The fourth-order valence-electron chi connectivity index (χ4n) is 3.91. The lowest BCUT2D eigenvalue weighted by molar-refractivity contribution is 0.0924. The molecule has 1 amide bonds. The predicted octanol–water partition coefficient (Wildman–Crippen LogP) is 2.55. The lowest BCUT2D eigenvalue weighted by atomic mass is 10.1. The van der Waals surface area contributed by atoms with Crippen molar-refractivity contribution in [3.63, 3.8) is 0 Å². The topological polar surface area (TPSA) is 107 Å². The van der Waals surface area contributed by atoms with Crippen molar-refractivity contribution in [3.05, 3.63) is 60.6 Å². The molecule has 1 aliphatic heterocycles. The molecular formula is C21H18N6O2. The normalized spacial score (nSPS) is 21.9. The maximum Gasteiger partial charge on any atom is 0.269 e. The van der Waals surface area contributed by atoms with Crippen molar-refractivity contribution in [2.75, 3.05) is 13.1 Å². The van der Waals surface area contributed by atoms with Crippen LogP contribution in [0.2, 0.25) is 0 Å². The summed E-state index contributed by atoms with van der Waals surface area (Å²) in [7, 11) is 0. The van der Waals surface area contributed by atoms with Gasteiger partial charge < -0.3 is 15.0 Å². The summed E-state index contributed by atoms with van der Waals surface area (Å²) < 4.78 is 5.94. The number of nitrogens with zero attached hydrogens (tertiary/aromatic N) is 4. The standard InChI is InChI=1S/C21H18N6O2/c22-13-27-11-14-9-21(14,12-27)24-20(28)18-8-17(25-26-18)16-6-7-23-10-19(16)29-15-4-2-1-3-5-15/h1-8,10,14H,9,11-12H2,(H,24,28)(H,25,26)/t14?,21-/m0/s1. The Balaban J connectivity index is 1.35. The molecule has 2 atom stereocenters. The number of amides is 1. The Hall–Kier alpha value is -3.86. The van der Waals surface area contributed by atoms with Crippen molar-refractivity contribution < 1.29 is 9.53 Å². The Bertz CT molecular complexity index is 1110. The van der Waals surface area contributed by atoms with Gasteiger partial charge in [-0.25, -0.2) is 0 Å². The Labute approximate surface area is 167 Å². The molecule has 0 radical (unpaired) electrons. The fraction of sp³-hybridized carbons (Fsp3) is 0.238. The fourth-order valence-corrected chi connectivity index (χ4v) is 3.91. The average molecular weight is 386 g/mol. The van der Waals surface area contributed by atoms with Gasteiger partial charge in [0.15, 0.2) is 11.9 Å². The summed E-state index contributed by atoms with van der Waals surface area (Å²) in [6, 6.07) is 12.9. The number of carbonyl (C=O) groups excluding carboxylic acids is 1. The molecule has 8 heteroatoms. The summed E-state index contributed by atoms with van der Waals surface area (Å²) >= 11 is 0. The second-order valence-electron chi connectivity index (χ2n) is 7.45. The number of pyridine rings is 1. The zero-order valence-corrected chi connectivity index (χ0v) is 15.5. The number of hydrogen-bond acceptors (Lipinski definition) is 6. The third-order valence-corrected chi connectivity index (χ3v) is 5.50. The van der Waals surface area contributed by atoms with Gasteiger partial charge in [-0.05, 0) is 30.7 Å². The number of likely N-dealkylation sites (tertiary alicyclic amines) is 1. The highest BCUT2D eigenvalue weighted by Crippen LogP contribution is 2.49. The van der Waals surface area contributed by atoms with E-state index in [2.05, 4.69) is 26.7 Å². The number of rotatable bonds is 5. The van der Waals surface area contributed by atoms with E-state index < -0.39 is 0 Å². The molecule has 29 heavy (non-hydrogen) atoms. The number of piperidine rings is 1. The van der Waals surface area contributed by atoms with Gasteiger partial charge >= 0.3 is 0 Å². The van der Waals surface area contributed by atoms with Crippen molar-refractivity contribution in [1.29, 1.82) is 5.26 Å². The molecular weight excluding hydrogens is 368 g/mol. The summed E-state index contributed by atoms with van der Waals surface area (Å²) in [6.45, 7) is 1.28. The average Bonchev–Trinajstić information content (AvgIpc) is 3.10. The van der Waals surface area contributed by atoms with Crippen LogP contribution < -0.4 is 10.1 Å². The maximum absolute atomic E-state index is 12.7. The summed E-state index contributed by atoms with van der Waals surface area (Å²) in [6.07, 6.45) is 6.35. The van der Waals surface area contributed by atoms with Crippen molar-refractivity contribution in [1.82, 2.24) is 25.4 Å². The van der Waals surface area contributed by atoms with Crippen LogP contribution >= 0.6 is 0 Å². The van der Waals surface area contributed by atoms with Crippen LogP contribution in [0.4, 0.5) is 0 Å². The minimum atomic E-state index is -0.281. The Morgan fingerprint density at radius 1 is 1.34 bits per heavy atom. The van der Waals surface area contributed by atoms with Crippen LogP contribution in [0.1, 0.15) is 16.9 Å². The number of nitrogens with one attached hydrogen (secondary N) is 2.